The number of hydrogen-bond donors (Lipinski definition) is 1. The van der Waals surface area contributed by atoms with Crippen molar-refractivity contribution >= 4 is 22.6 Å². The highest BCUT2D eigenvalue weighted by Gasteiger charge is 2.32. The zero-order chi connectivity index (χ0) is 36.4. The van der Waals surface area contributed by atoms with Crippen LogP contribution in [0.5, 0.6) is 0 Å². The molecule has 2 saturated heterocycles. The molecule has 8 nitrogen and oxygen atoms in total. The number of nitrogens with zero attached hydrogens (tertiary/aromatic N) is 3. The molecule has 2 amide bonds. The number of amides is 2. The van der Waals surface area contributed by atoms with Crippen molar-refractivity contribution in [2.45, 2.75) is 57.7 Å². The van der Waals surface area contributed by atoms with E-state index in [0.29, 0.717) is 91.4 Å². The number of carbonyl (C=O) groups is 2. The average Bonchev–Trinajstić information content (AvgIpc) is 3.16. The second-order valence-corrected chi connectivity index (χ2v) is 13.5. The van der Waals surface area contributed by atoms with Crippen molar-refractivity contribution in [1.82, 2.24) is 20.0 Å². The number of rotatable bonds is 8. The van der Waals surface area contributed by atoms with Crippen LogP contribution in [0.4, 0.5) is 13.2 Å². The summed E-state index contributed by atoms with van der Waals surface area (Å²) >= 11 is 0. The lowest BCUT2D eigenvalue weighted by atomic mass is 9.99. The van der Waals surface area contributed by atoms with Crippen molar-refractivity contribution in [2.24, 2.45) is 0 Å². The minimum Gasteiger partial charge on any atom is -0.375 e. The van der Waals surface area contributed by atoms with Crippen molar-refractivity contribution in [2.75, 3.05) is 26.2 Å². The molecule has 1 N–H and O–H groups in total. The van der Waals surface area contributed by atoms with Gasteiger partial charge in [-0.25, -0.2) is 18.3 Å². The standard InChI is InChI=1S/C41H39F3N4O4/c1-2-25-6-5-7-27(20-25)28-23-35(43)38(36(44)24-28)41(51)48-18-14-30(15-19-48)52-29-12-16-47(17-13-29)40(50)33-21-26(10-11-34(33)42)22-37-31-8-3-4-9-32(31)39(49)46-45-37/h3-11,20-21,23-24,29-30H,2,12-19,22H2,1H3,(H,46,49). The highest BCUT2D eigenvalue weighted by atomic mass is 19.1. The van der Waals surface area contributed by atoms with Crippen LogP contribution in [0.2, 0.25) is 0 Å². The van der Waals surface area contributed by atoms with Crippen LogP contribution in [-0.2, 0) is 17.6 Å². The lowest BCUT2D eigenvalue weighted by Gasteiger charge is -2.37. The first-order chi connectivity index (χ1) is 25.2. The zero-order valence-corrected chi connectivity index (χ0v) is 28.8. The predicted octanol–water partition coefficient (Wildman–Crippen LogP) is 7.09. The maximum atomic E-state index is 15.2. The van der Waals surface area contributed by atoms with Gasteiger partial charge >= 0.3 is 0 Å². The minimum atomic E-state index is -0.882. The van der Waals surface area contributed by atoms with E-state index >= 15 is 8.78 Å². The summed E-state index contributed by atoms with van der Waals surface area (Å²) in [6.07, 6.45) is 3.05. The zero-order valence-electron chi connectivity index (χ0n) is 28.8. The van der Waals surface area contributed by atoms with Crippen LogP contribution < -0.4 is 5.56 Å². The number of fused-ring (bicyclic) bond motifs is 1. The maximum absolute atomic E-state index is 15.2. The number of nitrogens with one attached hydrogen (secondary N) is 1. The fourth-order valence-electron chi connectivity index (χ4n) is 7.25. The molecular formula is C41H39F3N4O4. The van der Waals surface area contributed by atoms with Gasteiger partial charge in [0, 0.05) is 38.0 Å². The van der Waals surface area contributed by atoms with E-state index in [1.165, 1.54) is 23.1 Å². The Labute approximate surface area is 299 Å². The molecule has 0 aliphatic carbocycles. The first-order valence-electron chi connectivity index (χ1n) is 17.8. The van der Waals surface area contributed by atoms with Crippen LogP contribution >= 0.6 is 0 Å². The van der Waals surface area contributed by atoms with E-state index in [9.17, 15) is 18.8 Å². The van der Waals surface area contributed by atoms with Gasteiger partial charge in [-0.15, -0.1) is 0 Å². The molecule has 4 aromatic carbocycles. The monoisotopic (exact) mass is 708 g/mol. The van der Waals surface area contributed by atoms with Gasteiger partial charge < -0.3 is 14.5 Å². The molecule has 2 fully saturated rings. The number of halogens is 3. The molecule has 52 heavy (non-hydrogen) atoms. The summed E-state index contributed by atoms with van der Waals surface area (Å²) in [7, 11) is 0. The van der Waals surface area contributed by atoms with E-state index in [-0.39, 0.29) is 23.3 Å². The van der Waals surface area contributed by atoms with E-state index in [0.717, 1.165) is 12.0 Å². The van der Waals surface area contributed by atoms with Gasteiger partial charge in [-0.05, 0) is 84.7 Å². The van der Waals surface area contributed by atoms with Gasteiger partial charge in [0.25, 0.3) is 17.4 Å². The Hall–Kier alpha value is -5.29. The Kier molecular flexibility index (Phi) is 10.2. The van der Waals surface area contributed by atoms with Crippen molar-refractivity contribution in [3.63, 3.8) is 0 Å². The first-order valence-corrected chi connectivity index (χ1v) is 17.8. The van der Waals surface area contributed by atoms with Crippen LogP contribution in [0.1, 0.15) is 70.1 Å². The van der Waals surface area contributed by atoms with Crippen molar-refractivity contribution in [1.29, 1.82) is 0 Å². The molecule has 1 aromatic heterocycles. The average molecular weight is 709 g/mol. The number of H-pyrrole nitrogens is 1. The third-order valence-corrected chi connectivity index (χ3v) is 10.2. The topological polar surface area (TPSA) is 95.6 Å². The fraction of sp³-hybridized carbons (Fsp3) is 0.317. The molecule has 0 unspecified atom stereocenters. The number of likely N-dealkylation sites (tertiary alicyclic amines) is 2. The van der Waals surface area contributed by atoms with E-state index in [1.54, 1.807) is 35.2 Å². The number of piperidine rings is 2. The minimum absolute atomic E-state index is 0.0177. The largest absolute Gasteiger partial charge is 0.375 e. The molecule has 268 valence electrons. The van der Waals surface area contributed by atoms with Crippen LogP contribution in [-0.4, -0.2) is 70.2 Å². The Bertz CT molecular complexity index is 2170. The Morgan fingerprint density at radius 2 is 1.37 bits per heavy atom. The van der Waals surface area contributed by atoms with Gasteiger partial charge in [0.05, 0.1) is 28.9 Å². The Morgan fingerprint density at radius 3 is 2.02 bits per heavy atom. The van der Waals surface area contributed by atoms with Gasteiger partial charge in [-0.2, -0.15) is 5.10 Å². The van der Waals surface area contributed by atoms with Crippen LogP contribution in [0, 0.1) is 17.5 Å². The van der Waals surface area contributed by atoms with Crippen LogP contribution in [0.15, 0.2) is 83.7 Å². The smallest absolute Gasteiger partial charge is 0.272 e. The van der Waals surface area contributed by atoms with Crippen molar-refractivity contribution < 1.29 is 27.5 Å². The van der Waals surface area contributed by atoms with E-state index in [2.05, 4.69) is 10.2 Å². The molecule has 5 aromatic rings. The number of benzene rings is 4. The lowest BCUT2D eigenvalue weighted by molar-refractivity contribution is -0.0593. The number of hydrogen-bond acceptors (Lipinski definition) is 5. The van der Waals surface area contributed by atoms with Gasteiger partial charge in [0.15, 0.2) is 0 Å². The van der Waals surface area contributed by atoms with Crippen LogP contribution in [0.3, 0.4) is 0 Å². The number of carbonyl (C=O) groups excluding carboxylic acids is 2. The SMILES string of the molecule is CCc1cccc(-c2cc(F)c(C(=O)N3CCC(OC4CCN(C(=O)c5cc(Cc6n[nH]c(=O)c7ccccc67)ccc5F)CC4)CC3)c(F)c2)c1. The third-order valence-electron chi connectivity index (χ3n) is 10.2. The first kappa shape index (κ1) is 35.1. The quantitative estimate of drug-likeness (QED) is 0.186. The molecule has 0 spiro atoms. The summed E-state index contributed by atoms with van der Waals surface area (Å²) < 4.78 is 51.7. The molecule has 0 radical (unpaired) electrons. The highest BCUT2D eigenvalue weighted by Crippen LogP contribution is 2.29. The predicted molar refractivity (Wildman–Crippen MR) is 192 cm³/mol. The molecule has 0 saturated carbocycles. The molecule has 7 rings (SSSR count). The molecule has 0 bridgehead atoms. The van der Waals surface area contributed by atoms with Gasteiger partial charge in [-0.3, -0.25) is 14.4 Å². The number of aromatic amines is 1. The normalized spacial score (nSPS) is 15.7. The third kappa shape index (κ3) is 7.36. The van der Waals surface area contributed by atoms with E-state index in [4.69, 9.17) is 4.74 Å². The Balaban J connectivity index is 0.917. The lowest BCUT2D eigenvalue weighted by Crippen LogP contribution is -2.45. The van der Waals surface area contributed by atoms with Gasteiger partial charge in [0.2, 0.25) is 0 Å². The summed E-state index contributed by atoms with van der Waals surface area (Å²) in [6, 6.07) is 21.5. The second-order valence-electron chi connectivity index (χ2n) is 13.5. The molecular weight excluding hydrogens is 669 g/mol. The van der Waals surface area contributed by atoms with E-state index < -0.39 is 34.8 Å². The molecule has 2 aliphatic rings. The Morgan fingerprint density at radius 1 is 0.731 bits per heavy atom. The second kappa shape index (κ2) is 15.1. The maximum Gasteiger partial charge on any atom is 0.272 e. The number of ether oxygens (including phenoxy) is 1. The van der Waals surface area contributed by atoms with Gasteiger partial charge in [-0.1, -0.05) is 55.5 Å². The van der Waals surface area contributed by atoms with Crippen molar-refractivity contribution in [3.8, 4) is 11.1 Å². The summed E-state index contributed by atoms with van der Waals surface area (Å²) in [5.41, 5.74) is 2.58. The fourth-order valence-corrected chi connectivity index (χ4v) is 7.25. The number of aryl methyl sites for hydroxylation is 1. The van der Waals surface area contributed by atoms with E-state index in [1.807, 2.05) is 37.3 Å². The summed E-state index contributed by atoms with van der Waals surface area (Å²) in [4.78, 5) is 42.0. The summed E-state index contributed by atoms with van der Waals surface area (Å²) in [5, 5.41) is 7.93. The van der Waals surface area contributed by atoms with Gasteiger partial charge in [0.1, 0.15) is 23.0 Å². The van der Waals surface area contributed by atoms with Crippen molar-refractivity contribution in [3.05, 3.63) is 135 Å². The molecule has 3 heterocycles. The summed E-state index contributed by atoms with van der Waals surface area (Å²) in [6.45, 7) is 3.41. The summed E-state index contributed by atoms with van der Waals surface area (Å²) in [5.74, 6) is -3.44. The molecule has 11 heteroatoms. The highest BCUT2D eigenvalue weighted by molar-refractivity contribution is 5.96. The van der Waals surface area contributed by atoms with Crippen LogP contribution in [0.25, 0.3) is 21.9 Å². The number of aromatic nitrogens is 2. The molecule has 0 atom stereocenters. The molecule has 2 aliphatic heterocycles.